The number of ether oxygens (including phenoxy) is 2. The normalized spacial score (nSPS) is 10.8. The zero-order valence-corrected chi connectivity index (χ0v) is 17.1. The van der Waals surface area contributed by atoms with E-state index in [1.807, 2.05) is 30.3 Å². The van der Waals surface area contributed by atoms with Crippen molar-refractivity contribution >= 4 is 12.1 Å². The number of nitrogens with one attached hydrogen (secondary N) is 3. The van der Waals surface area contributed by atoms with Gasteiger partial charge in [-0.15, -0.1) is 0 Å². The number of hydrogen-bond acceptors (Lipinski definition) is 6. The van der Waals surface area contributed by atoms with E-state index in [0.29, 0.717) is 29.4 Å². The minimum Gasteiger partial charge on any atom is -0.493 e. The molecule has 0 fully saturated rings. The van der Waals surface area contributed by atoms with Crippen LogP contribution < -0.4 is 26.1 Å². The zero-order chi connectivity index (χ0) is 22.2. The van der Waals surface area contributed by atoms with Gasteiger partial charge in [0.2, 0.25) is 5.91 Å². The molecule has 0 bridgehead atoms. The average Bonchev–Trinajstić information content (AvgIpc) is 2.75. The maximum Gasteiger partial charge on any atom is 0.325 e. The number of benzene rings is 2. The zero-order valence-electron chi connectivity index (χ0n) is 17.1. The van der Waals surface area contributed by atoms with E-state index in [4.69, 9.17) is 9.47 Å². The van der Waals surface area contributed by atoms with Gasteiger partial charge in [-0.3, -0.25) is 14.6 Å². The summed E-state index contributed by atoms with van der Waals surface area (Å²) >= 11 is 0. The lowest BCUT2D eigenvalue weighted by Crippen LogP contribution is -2.30. The van der Waals surface area contributed by atoms with Crippen LogP contribution in [-0.4, -0.2) is 29.2 Å². The summed E-state index contributed by atoms with van der Waals surface area (Å²) in [4.78, 5) is 39.9. The Labute approximate surface area is 177 Å². The van der Waals surface area contributed by atoms with Crippen molar-refractivity contribution in [1.29, 1.82) is 0 Å². The summed E-state index contributed by atoms with van der Waals surface area (Å²) in [6.45, 7) is 1.89. The number of nitrogens with zero attached hydrogens (tertiary/aromatic N) is 1. The lowest BCUT2D eigenvalue weighted by Gasteiger charge is -2.13. The van der Waals surface area contributed by atoms with Crippen LogP contribution in [0.5, 0.6) is 11.5 Å². The summed E-state index contributed by atoms with van der Waals surface area (Å²) in [6.07, 6.45) is 1.20. The van der Waals surface area contributed by atoms with Gasteiger partial charge in [0.05, 0.1) is 19.7 Å². The molecule has 0 saturated carbocycles. The van der Waals surface area contributed by atoms with Gasteiger partial charge in [0.15, 0.2) is 11.5 Å². The van der Waals surface area contributed by atoms with Gasteiger partial charge in [0.1, 0.15) is 6.61 Å². The molecule has 3 N–H and O–H groups in total. The Balaban J connectivity index is 1.71. The second kappa shape index (κ2) is 10.1. The SMILES string of the molecule is COc1cccc(/C=N\NC(=O)Cc2c(C)[nH]c(=O)[nH]c2=O)c1OCc1ccccc1. The third-order valence-corrected chi connectivity index (χ3v) is 4.44. The minimum absolute atomic E-state index is 0.167. The van der Waals surface area contributed by atoms with Gasteiger partial charge < -0.3 is 14.5 Å². The lowest BCUT2D eigenvalue weighted by atomic mass is 10.1. The maximum absolute atomic E-state index is 12.2. The molecule has 1 amide bonds. The quantitative estimate of drug-likeness (QED) is 0.376. The number of H-pyrrole nitrogens is 2. The van der Waals surface area contributed by atoms with E-state index < -0.39 is 17.2 Å². The van der Waals surface area contributed by atoms with Crippen LogP contribution in [0.25, 0.3) is 0 Å². The van der Waals surface area contributed by atoms with Crippen molar-refractivity contribution in [3.63, 3.8) is 0 Å². The van der Waals surface area contributed by atoms with E-state index >= 15 is 0 Å². The number of aryl methyl sites for hydroxylation is 1. The number of aromatic amines is 2. The van der Waals surface area contributed by atoms with Crippen molar-refractivity contribution in [3.8, 4) is 11.5 Å². The summed E-state index contributed by atoms with van der Waals surface area (Å²) < 4.78 is 11.3. The first-order valence-corrected chi connectivity index (χ1v) is 9.45. The van der Waals surface area contributed by atoms with E-state index in [2.05, 4.69) is 20.5 Å². The first-order chi connectivity index (χ1) is 15.0. The predicted molar refractivity (Wildman–Crippen MR) is 116 cm³/mol. The topological polar surface area (TPSA) is 126 Å². The summed E-state index contributed by atoms with van der Waals surface area (Å²) in [6, 6.07) is 15.0. The Morgan fingerprint density at radius 1 is 1.10 bits per heavy atom. The molecule has 9 nitrogen and oxygen atoms in total. The first kappa shape index (κ1) is 21.6. The minimum atomic E-state index is -0.620. The van der Waals surface area contributed by atoms with Crippen LogP contribution in [0.3, 0.4) is 0 Å². The van der Waals surface area contributed by atoms with Gasteiger partial charge in [-0.1, -0.05) is 36.4 Å². The third-order valence-electron chi connectivity index (χ3n) is 4.44. The Morgan fingerprint density at radius 2 is 1.87 bits per heavy atom. The summed E-state index contributed by atoms with van der Waals surface area (Å²) in [5, 5.41) is 3.96. The van der Waals surface area contributed by atoms with E-state index in [0.717, 1.165) is 5.56 Å². The second-order valence-corrected chi connectivity index (χ2v) is 6.63. The molecule has 0 aliphatic rings. The highest BCUT2D eigenvalue weighted by molar-refractivity contribution is 5.86. The van der Waals surface area contributed by atoms with Crippen LogP contribution in [0.1, 0.15) is 22.4 Å². The van der Waals surface area contributed by atoms with Crippen LogP contribution in [-0.2, 0) is 17.8 Å². The Morgan fingerprint density at radius 3 is 2.58 bits per heavy atom. The summed E-state index contributed by atoms with van der Waals surface area (Å²) in [5.74, 6) is 0.507. The number of aromatic nitrogens is 2. The average molecular weight is 422 g/mol. The smallest absolute Gasteiger partial charge is 0.325 e. The third kappa shape index (κ3) is 5.69. The van der Waals surface area contributed by atoms with Crippen molar-refractivity contribution in [3.05, 3.63) is 91.8 Å². The van der Waals surface area contributed by atoms with Crippen LogP contribution in [0.2, 0.25) is 0 Å². The Hall–Kier alpha value is -4.14. The molecule has 0 radical (unpaired) electrons. The number of carbonyl (C=O) groups is 1. The lowest BCUT2D eigenvalue weighted by molar-refractivity contribution is -0.120. The highest BCUT2D eigenvalue weighted by Gasteiger charge is 2.12. The largest absolute Gasteiger partial charge is 0.493 e. The van der Waals surface area contributed by atoms with E-state index in [1.54, 1.807) is 25.1 Å². The number of hydrazone groups is 1. The standard InChI is InChI=1S/C22H22N4O5/c1-14-17(21(28)25-22(29)24-14)11-19(27)26-23-12-16-9-6-10-18(30-2)20(16)31-13-15-7-4-3-5-8-15/h3-10,12H,11,13H2,1-2H3,(H,26,27)(H2,24,25,28,29)/b23-12-. The molecule has 1 aromatic heterocycles. The monoisotopic (exact) mass is 422 g/mol. The van der Waals surface area contributed by atoms with Gasteiger partial charge in [0, 0.05) is 16.8 Å². The van der Waals surface area contributed by atoms with Crippen molar-refractivity contribution in [2.24, 2.45) is 5.10 Å². The van der Waals surface area contributed by atoms with E-state index in [-0.39, 0.29) is 12.0 Å². The van der Waals surface area contributed by atoms with Gasteiger partial charge >= 0.3 is 5.69 Å². The number of para-hydroxylation sites is 1. The van der Waals surface area contributed by atoms with Gasteiger partial charge in [-0.25, -0.2) is 10.2 Å². The van der Waals surface area contributed by atoms with Crippen LogP contribution >= 0.6 is 0 Å². The van der Waals surface area contributed by atoms with Crippen LogP contribution in [0.4, 0.5) is 0 Å². The molecule has 3 rings (SSSR count). The highest BCUT2D eigenvalue weighted by Crippen LogP contribution is 2.30. The first-order valence-electron chi connectivity index (χ1n) is 9.45. The molecule has 0 saturated heterocycles. The van der Waals surface area contributed by atoms with Crippen molar-refractivity contribution in [2.75, 3.05) is 7.11 Å². The molecule has 0 atom stereocenters. The molecule has 2 aromatic carbocycles. The fourth-order valence-electron chi connectivity index (χ4n) is 2.89. The molecule has 0 spiro atoms. The fraction of sp³-hybridized carbons (Fsp3) is 0.182. The maximum atomic E-state index is 12.2. The summed E-state index contributed by atoms with van der Waals surface area (Å²) in [7, 11) is 1.54. The molecule has 31 heavy (non-hydrogen) atoms. The number of carbonyl (C=O) groups excluding carboxylic acids is 1. The fourth-order valence-corrected chi connectivity index (χ4v) is 2.89. The molecule has 9 heteroatoms. The van der Waals surface area contributed by atoms with Crippen molar-refractivity contribution in [1.82, 2.24) is 15.4 Å². The van der Waals surface area contributed by atoms with E-state index in [1.165, 1.54) is 13.3 Å². The van der Waals surface area contributed by atoms with Gasteiger partial charge in [0.25, 0.3) is 5.56 Å². The predicted octanol–water partition coefficient (Wildman–Crippen LogP) is 1.65. The van der Waals surface area contributed by atoms with Crippen LogP contribution in [0.15, 0.2) is 63.2 Å². The Kier molecular flexibility index (Phi) is 7.00. The number of methoxy groups -OCH3 is 1. The number of rotatable bonds is 8. The van der Waals surface area contributed by atoms with Crippen molar-refractivity contribution in [2.45, 2.75) is 20.0 Å². The Bertz CT molecular complexity index is 1200. The molecular weight excluding hydrogens is 400 g/mol. The van der Waals surface area contributed by atoms with Crippen LogP contribution in [0, 0.1) is 6.92 Å². The molecule has 3 aromatic rings. The molecular formula is C22H22N4O5. The number of amides is 1. The van der Waals surface area contributed by atoms with Crippen molar-refractivity contribution < 1.29 is 14.3 Å². The molecule has 0 aliphatic carbocycles. The summed E-state index contributed by atoms with van der Waals surface area (Å²) in [5.41, 5.74) is 3.25. The molecule has 160 valence electrons. The van der Waals surface area contributed by atoms with E-state index in [9.17, 15) is 14.4 Å². The second-order valence-electron chi connectivity index (χ2n) is 6.63. The number of hydrogen-bond donors (Lipinski definition) is 3. The molecule has 0 unspecified atom stereocenters. The molecule has 0 aliphatic heterocycles. The van der Waals surface area contributed by atoms with Gasteiger partial charge in [-0.2, -0.15) is 5.10 Å². The van der Waals surface area contributed by atoms with Gasteiger partial charge in [-0.05, 0) is 24.6 Å². The highest BCUT2D eigenvalue weighted by atomic mass is 16.5. The molecule has 1 heterocycles.